The average Bonchev–Trinajstić information content (AvgIpc) is 3.28. The lowest BCUT2D eigenvalue weighted by Gasteiger charge is -2.43. The first kappa shape index (κ1) is 44.1. The molecule has 1 aliphatic heterocycles. The van der Waals surface area contributed by atoms with Gasteiger partial charge in [-0.15, -0.1) is 0 Å². The van der Waals surface area contributed by atoms with Crippen LogP contribution in [0.2, 0.25) is 0 Å². The number of rotatable bonds is 23. The van der Waals surface area contributed by atoms with Crippen molar-refractivity contribution >= 4 is 16.9 Å². The predicted molar refractivity (Wildman–Crippen MR) is 239 cm³/mol. The number of benzene rings is 4. The van der Waals surface area contributed by atoms with Crippen LogP contribution < -0.4 is 5.32 Å². The number of unbranched alkanes of at least 4 members (excludes halogenated alkanes) is 10. The molecule has 5 aromatic rings. The molecule has 2 heterocycles. The van der Waals surface area contributed by atoms with Gasteiger partial charge in [-0.1, -0.05) is 170 Å². The van der Waals surface area contributed by atoms with E-state index in [1.165, 1.54) is 83.2 Å². The molecule has 4 aromatic carbocycles. The molecule has 0 aliphatic carbocycles. The lowest BCUT2D eigenvalue weighted by Crippen LogP contribution is -2.45. The van der Waals surface area contributed by atoms with Gasteiger partial charge in [0.25, 0.3) is 5.91 Å². The molecule has 8 nitrogen and oxygen atoms in total. The van der Waals surface area contributed by atoms with Crippen LogP contribution in [0.25, 0.3) is 22.2 Å². The Morgan fingerprint density at radius 1 is 0.712 bits per heavy atom. The summed E-state index contributed by atoms with van der Waals surface area (Å²) in [5, 5.41) is 12.8. The van der Waals surface area contributed by atoms with Gasteiger partial charge in [0.15, 0.2) is 6.29 Å². The summed E-state index contributed by atoms with van der Waals surface area (Å²) in [5.74, 6) is -0.133. The summed E-state index contributed by atoms with van der Waals surface area (Å²) in [6.07, 6.45) is 16.3. The van der Waals surface area contributed by atoms with E-state index in [1.54, 1.807) is 0 Å². The monoisotopic (exact) mass is 799 g/mol. The summed E-state index contributed by atoms with van der Waals surface area (Å²) in [7, 11) is 0. The number of ether oxygens (including phenoxy) is 2. The van der Waals surface area contributed by atoms with E-state index in [1.807, 2.05) is 54.6 Å². The van der Waals surface area contributed by atoms with Crippen LogP contribution in [-0.2, 0) is 22.6 Å². The molecule has 0 unspecified atom stereocenters. The van der Waals surface area contributed by atoms with Crippen molar-refractivity contribution in [3.05, 3.63) is 131 Å². The number of fused-ring (bicyclic) bond motifs is 1. The summed E-state index contributed by atoms with van der Waals surface area (Å²) in [6, 6.07) is 32.4. The molecule has 1 aliphatic rings. The normalized spacial score (nSPS) is 18.1. The largest absolute Gasteiger partial charge is 0.392 e. The van der Waals surface area contributed by atoms with Crippen LogP contribution >= 0.6 is 0 Å². The molecule has 0 saturated carbocycles. The van der Waals surface area contributed by atoms with Gasteiger partial charge in [-0.25, -0.2) is 4.98 Å². The number of nitrogens with one attached hydrogen (secondary N) is 1. The Labute approximate surface area is 352 Å². The Balaban J connectivity index is 1.17. The van der Waals surface area contributed by atoms with Crippen molar-refractivity contribution in [2.24, 2.45) is 5.92 Å². The number of hydrogen-bond acceptors (Lipinski definition) is 7. The fraction of sp³-hybridized carbons (Fsp3) is 0.471. The molecule has 4 atom stereocenters. The summed E-state index contributed by atoms with van der Waals surface area (Å²) in [6.45, 7) is 10.3. The molecule has 1 aromatic heterocycles. The van der Waals surface area contributed by atoms with Crippen molar-refractivity contribution in [2.75, 3.05) is 19.6 Å². The second-order valence-electron chi connectivity index (χ2n) is 16.4. The smallest absolute Gasteiger partial charge is 0.271 e. The van der Waals surface area contributed by atoms with Crippen molar-refractivity contribution in [3.8, 4) is 11.1 Å². The molecular weight excluding hydrogens is 733 g/mol. The maximum atomic E-state index is 13.2. The van der Waals surface area contributed by atoms with Crippen LogP contribution in [-0.4, -0.2) is 51.6 Å². The van der Waals surface area contributed by atoms with Crippen molar-refractivity contribution < 1.29 is 19.4 Å². The predicted octanol–water partition coefficient (Wildman–Crippen LogP) is 11.5. The van der Waals surface area contributed by atoms with Gasteiger partial charge < -0.3 is 24.8 Å². The topological polar surface area (TPSA) is 96.8 Å². The van der Waals surface area contributed by atoms with E-state index < -0.39 is 6.29 Å². The molecule has 6 rings (SSSR count). The number of carbonyl (C=O) groups excluding carboxylic acids is 1. The van der Waals surface area contributed by atoms with Crippen LogP contribution in [0.1, 0.15) is 143 Å². The second kappa shape index (κ2) is 23.4. The van der Waals surface area contributed by atoms with Crippen molar-refractivity contribution in [1.29, 1.82) is 0 Å². The van der Waals surface area contributed by atoms with Gasteiger partial charge in [-0.3, -0.25) is 9.78 Å². The quantitative estimate of drug-likeness (QED) is 0.0635. The number of amides is 1. The first-order valence-corrected chi connectivity index (χ1v) is 22.4. The zero-order valence-electron chi connectivity index (χ0n) is 35.7. The number of hydrogen-bond donors (Lipinski definition) is 2. The van der Waals surface area contributed by atoms with E-state index >= 15 is 0 Å². The zero-order chi connectivity index (χ0) is 41.2. The van der Waals surface area contributed by atoms with Gasteiger partial charge in [0.1, 0.15) is 5.69 Å². The Morgan fingerprint density at radius 2 is 1.32 bits per heavy atom. The number of aromatic nitrogens is 2. The fourth-order valence-electron chi connectivity index (χ4n) is 8.22. The van der Waals surface area contributed by atoms with Crippen molar-refractivity contribution in [3.63, 3.8) is 0 Å². The molecule has 2 N–H and O–H groups in total. The SMILES string of the molecule is CCCCCCCCN(CCCCCCCC)C[C@@H]1O[C@H](c2ccc(-c3ccccc3CNC(=O)c3cnc4ccccc4n3)cc2)O[C@H](c2ccc(CO)cc2)[C@@H]1C. The number of aliphatic hydroxyl groups excluding tert-OH is 1. The molecule has 0 radical (unpaired) electrons. The van der Waals surface area contributed by atoms with E-state index in [9.17, 15) is 9.90 Å². The molecule has 8 heteroatoms. The van der Waals surface area contributed by atoms with E-state index in [0.717, 1.165) is 58.5 Å². The average molecular weight is 799 g/mol. The van der Waals surface area contributed by atoms with Crippen LogP contribution in [0.4, 0.5) is 0 Å². The van der Waals surface area contributed by atoms with Gasteiger partial charge in [0, 0.05) is 24.6 Å². The first-order valence-electron chi connectivity index (χ1n) is 22.4. The summed E-state index contributed by atoms with van der Waals surface area (Å²) in [4.78, 5) is 24.7. The third kappa shape index (κ3) is 12.8. The lowest BCUT2D eigenvalue weighted by molar-refractivity contribution is -0.276. The summed E-state index contributed by atoms with van der Waals surface area (Å²) >= 11 is 0. The lowest BCUT2D eigenvalue weighted by atomic mass is 9.89. The van der Waals surface area contributed by atoms with Gasteiger partial charge in [0.05, 0.1) is 36.0 Å². The molecular formula is C51H66N4O4. The Kier molecular flexibility index (Phi) is 17.5. The summed E-state index contributed by atoms with van der Waals surface area (Å²) in [5.41, 5.74) is 7.81. The molecule has 314 valence electrons. The Hall–Kier alpha value is -4.47. The van der Waals surface area contributed by atoms with E-state index in [-0.39, 0.29) is 30.6 Å². The number of para-hydroxylation sites is 2. The molecule has 1 fully saturated rings. The number of nitrogens with zero attached hydrogens (tertiary/aromatic N) is 3. The van der Waals surface area contributed by atoms with Crippen molar-refractivity contribution in [1.82, 2.24) is 20.2 Å². The van der Waals surface area contributed by atoms with Crippen LogP contribution in [0.5, 0.6) is 0 Å². The van der Waals surface area contributed by atoms with Gasteiger partial charge in [-0.05, 0) is 65.9 Å². The minimum absolute atomic E-state index is 0.0164. The van der Waals surface area contributed by atoms with Crippen LogP contribution in [0.15, 0.2) is 103 Å². The third-order valence-electron chi connectivity index (χ3n) is 11.8. The highest BCUT2D eigenvalue weighted by molar-refractivity contribution is 5.93. The zero-order valence-corrected chi connectivity index (χ0v) is 35.7. The van der Waals surface area contributed by atoms with Gasteiger partial charge in [0.2, 0.25) is 0 Å². The third-order valence-corrected chi connectivity index (χ3v) is 11.8. The van der Waals surface area contributed by atoms with Crippen LogP contribution in [0, 0.1) is 5.92 Å². The molecule has 59 heavy (non-hydrogen) atoms. The standard InChI is InChI=1S/C51H66N4O4/c1-4-6-8-10-12-18-32-55(33-19-13-11-9-7-5-2)36-48-38(3)49(41-26-24-39(37-56)25-27-41)59-51(58-48)42-30-28-40(29-31-42)44-21-15-14-20-43(44)34-53-50(57)47-35-52-45-22-16-17-23-46(45)54-47/h14-17,20-31,35,38,48-49,51,56H,4-13,18-19,32-34,36-37H2,1-3H3,(H,53,57)/t38-,48+,49+,51+/m1/s1. The van der Waals surface area contributed by atoms with Crippen molar-refractivity contribution in [2.45, 2.75) is 129 Å². The molecule has 1 saturated heterocycles. The number of aliphatic hydroxyl groups is 1. The van der Waals surface area contributed by atoms with E-state index in [4.69, 9.17) is 9.47 Å². The molecule has 0 bridgehead atoms. The highest BCUT2D eigenvalue weighted by atomic mass is 16.7. The molecule has 1 amide bonds. The van der Waals surface area contributed by atoms with Gasteiger partial charge >= 0.3 is 0 Å². The minimum atomic E-state index is -0.532. The van der Waals surface area contributed by atoms with E-state index in [2.05, 4.69) is 83.4 Å². The summed E-state index contributed by atoms with van der Waals surface area (Å²) < 4.78 is 13.8. The van der Waals surface area contributed by atoms with E-state index in [0.29, 0.717) is 17.8 Å². The minimum Gasteiger partial charge on any atom is -0.392 e. The highest BCUT2D eigenvalue weighted by Gasteiger charge is 2.39. The van der Waals surface area contributed by atoms with Gasteiger partial charge in [-0.2, -0.15) is 0 Å². The fourth-order valence-corrected chi connectivity index (χ4v) is 8.22. The van der Waals surface area contributed by atoms with Crippen LogP contribution in [0.3, 0.4) is 0 Å². The maximum Gasteiger partial charge on any atom is 0.271 e. The highest BCUT2D eigenvalue weighted by Crippen LogP contribution is 2.42. The number of carbonyl (C=O) groups is 1. The Bertz CT molecular complexity index is 1990. The first-order chi connectivity index (χ1) is 29.0. The Morgan fingerprint density at radius 3 is 2.00 bits per heavy atom. The molecule has 0 spiro atoms. The second-order valence-corrected chi connectivity index (χ2v) is 16.4. The maximum absolute atomic E-state index is 13.2.